The van der Waals surface area contributed by atoms with Gasteiger partial charge in [0.1, 0.15) is 5.02 Å². The first-order chi connectivity index (χ1) is 13.3. The number of halogens is 1. The molecule has 3 rings (SSSR count). The van der Waals surface area contributed by atoms with Gasteiger partial charge in [0.2, 0.25) is 0 Å². The fourth-order valence-corrected chi connectivity index (χ4v) is 2.53. The lowest BCUT2D eigenvalue weighted by atomic mass is 10.0. The zero-order chi connectivity index (χ0) is 20.7. The van der Waals surface area contributed by atoms with Gasteiger partial charge in [-0.25, -0.2) is 0 Å². The topological polar surface area (TPSA) is 129 Å². The summed E-state index contributed by atoms with van der Waals surface area (Å²) in [5.41, 5.74) is 0.146. The molecule has 0 atom stereocenters. The molecule has 0 aromatic heterocycles. The second-order valence-corrected chi connectivity index (χ2v) is 5.66. The van der Waals surface area contributed by atoms with E-state index >= 15 is 0 Å². The van der Waals surface area contributed by atoms with Crippen LogP contribution in [-0.4, -0.2) is 14.8 Å². The number of nitro benzene ring substituents is 3. The molecule has 0 spiro atoms. The van der Waals surface area contributed by atoms with Gasteiger partial charge in [-0.1, -0.05) is 48.0 Å². The van der Waals surface area contributed by atoms with Crippen LogP contribution in [0.15, 0.2) is 72.8 Å². The zero-order valence-corrected chi connectivity index (χ0v) is 14.9. The van der Waals surface area contributed by atoms with Crippen molar-refractivity contribution in [3.63, 3.8) is 0 Å². The van der Waals surface area contributed by atoms with Gasteiger partial charge in [-0.15, -0.1) is 0 Å². The molecule has 0 aliphatic rings. The molecule has 28 heavy (non-hydrogen) atoms. The van der Waals surface area contributed by atoms with E-state index in [-0.39, 0.29) is 33.2 Å². The highest BCUT2D eigenvalue weighted by molar-refractivity contribution is 6.32. The maximum atomic E-state index is 10.9. The van der Waals surface area contributed by atoms with Crippen LogP contribution in [0.25, 0.3) is 11.1 Å². The standard InChI is InChI=1S/C12H8N2O4.C6H4ClNO2/c15-13(16)11-7-3-1-5-9(11)10-6-2-4-8-12(10)14(17)18;7-5-3-1-2-4-6(5)8(9)10/h1-8H;1-4H. The molecule has 0 amide bonds. The molecule has 3 aromatic rings. The van der Waals surface area contributed by atoms with Crippen molar-refractivity contribution in [1.82, 2.24) is 0 Å². The van der Waals surface area contributed by atoms with Gasteiger partial charge in [-0.05, 0) is 18.2 Å². The Morgan fingerprint density at radius 2 is 0.857 bits per heavy atom. The quantitative estimate of drug-likeness (QED) is 0.424. The molecule has 0 saturated heterocycles. The highest BCUT2D eigenvalue weighted by Crippen LogP contribution is 2.35. The fourth-order valence-electron chi connectivity index (χ4n) is 2.32. The van der Waals surface area contributed by atoms with Crippen molar-refractivity contribution in [1.29, 1.82) is 0 Å². The minimum atomic E-state index is -0.550. The predicted molar refractivity (Wildman–Crippen MR) is 103 cm³/mol. The number of hydrogen-bond acceptors (Lipinski definition) is 6. The smallest absolute Gasteiger partial charge is 0.258 e. The number of hydrogen-bond donors (Lipinski definition) is 0. The minimum Gasteiger partial charge on any atom is -0.258 e. The Balaban J connectivity index is 0.000000237. The Morgan fingerprint density at radius 1 is 0.536 bits per heavy atom. The van der Waals surface area contributed by atoms with Crippen molar-refractivity contribution >= 4 is 28.7 Å². The molecular weight excluding hydrogens is 390 g/mol. The molecule has 3 aromatic carbocycles. The average molecular weight is 402 g/mol. The molecule has 0 radical (unpaired) electrons. The normalized spacial score (nSPS) is 9.75. The van der Waals surface area contributed by atoms with Crippen molar-refractivity contribution < 1.29 is 14.8 Å². The lowest BCUT2D eigenvalue weighted by molar-refractivity contribution is -0.386. The molecule has 0 fully saturated rings. The lowest BCUT2D eigenvalue weighted by Gasteiger charge is -2.03. The van der Waals surface area contributed by atoms with Gasteiger partial charge in [0, 0.05) is 18.2 Å². The van der Waals surface area contributed by atoms with Crippen LogP contribution in [0.2, 0.25) is 5.02 Å². The molecule has 0 N–H and O–H groups in total. The van der Waals surface area contributed by atoms with Crippen LogP contribution in [-0.2, 0) is 0 Å². The Hall–Kier alpha value is -3.85. The second-order valence-electron chi connectivity index (χ2n) is 5.26. The monoisotopic (exact) mass is 401 g/mol. The summed E-state index contributed by atoms with van der Waals surface area (Å²) in [6.07, 6.45) is 0. The number of nitro groups is 3. The number of nitrogens with zero attached hydrogens (tertiary/aromatic N) is 3. The van der Waals surface area contributed by atoms with E-state index in [4.69, 9.17) is 11.6 Å². The lowest BCUT2D eigenvalue weighted by Crippen LogP contribution is -1.95. The van der Waals surface area contributed by atoms with Crippen molar-refractivity contribution in [2.24, 2.45) is 0 Å². The van der Waals surface area contributed by atoms with E-state index in [1.807, 2.05) is 0 Å². The van der Waals surface area contributed by atoms with Crippen molar-refractivity contribution in [3.8, 4) is 11.1 Å². The Labute approximate surface area is 163 Å². The van der Waals surface area contributed by atoms with Gasteiger partial charge in [0.15, 0.2) is 0 Å². The van der Waals surface area contributed by atoms with Crippen molar-refractivity contribution in [3.05, 3.63) is 108 Å². The number of rotatable bonds is 4. The molecule has 0 aliphatic carbocycles. The third kappa shape index (κ3) is 4.86. The van der Waals surface area contributed by atoms with Crippen LogP contribution in [0, 0.1) is 30.3 Å². The van der Waals surface area contributed by atoms with E-state index in [2.05, 4.69) is 0 Å². The van der Waals surface area contributed by atoms with Crippen LogP contribution in [0.4, 0.5) is 17.1 Å². The summed E-state index contributed by atoms with van der Waals surface area (Å²) >= 11 is 5.48. The summed E-state index contributed by atoms with van der Waals surface area (Å²) in [7, 11) is 0. The minimum absolute atomic E-state index is 0.0517. The summed E-state index contributed by atoms with van der Waals surface area (Å²) < 4.78 is 0. The third-order valence-corrected chi connectivity index (χ3v) is 3.86. The molecule has 0 aliphatic heterocycles. The van der Waals surface area contributed by atoms with Gasteiger partial charge in [-0.2, -0.15) is 0 Å². The molecule has 9 nitrogen and oxygen atoms in total. The molecule has 0 unspecified atom stereocenters. The SMILES string of the molecule is O=[N+]([O-])c1ccccc1-c1ccccc1[N+](=O)[O-].O=[N+]([O-])c1ccccc1Cl. The Bertz CT molecular complexity index is 986. The van der Waals surface area contributed by atoms with E-state index < -0.39 is 14.8 Å². The maximum Gasteiger partial charge on any atom is 0.287 e. The van der Waals surface area contributed by atoms with Crippen LogP contribution >= 0.6 is 11.6 Å². The largest absolute Gasteiger partial charge is 0.287 e. The fraction of sp³-hybridized carbons (Fsp3) is 0. The molecule has 0 heterocycles. The highest BCUT2D eigenvalue weighted by atomic mass is 35.5. The predicted octanol–water partition coefficient (Wildman–Crippen LogP) is 5.42. The summed E-state index contributed by atoms with van der Waals surface area (Å²) in [6, 6.07) is 18.0. The number of benzene rings is 3. The average Bonchev–Trinajstić information content (AvgIpc) is 2.68. The summed E-state index contributed by atoms with van der Waals surface area (Å²) in [5.74, 6) is 0. The zero-order valence-electron chi connectivity index (χ0n) is 14.1. The Morgan fingerprint density at radius 3 is 1.18 bits per heavy atom. The van der Waals surface area contributed by atoms with Gasteiger partial charge in [-0.3, -0.25) is 30.3 Å². The second kappa shape index (κ2) is 9.19. The van der Waals surface area contributed by atoms with E-state index in [1.54, 1.807) is 24.3 Å². The summed E-state index contributed by atoms with van der Waals surface area (Å²) in [5, 5.41) is 32.1. The molecular formula is C18H12ClN3O6. The van der Waals surface area contributed by atoms with E-state index in [0.717, 1.165) is 0 Å². The first kappa shape index (κ1) is 20.5. The highest BCUT2D eigenvalue weighted by Gasteiger charge is 2.21. The van der Waals surface area contributed by atoms with Crippen LogP contribution < -0.4 is 0 Å². The van der Waals surface area contributed by atoms with Crippen LogP contribution in [0.1, 0.15) is 0 Å². The number of para-hydroxylation sites is 3. The van der Waals surface area contributed by atoms with Gasteiger partial charge >= 0.3 is 0 Å². The van der Waals surface area contributed by atoms with Crippen LogP contribution in [0.5, 0.6) is 0 Å². The van der Waals surface area contributed by atoms with Crippen molar-refractivity contribution in [2.45, 2.75) is 0 Å². The summed E-state index contributed by atoms with van der Waals surface area (Å²) in [6.45, 7) is 0. The maximum absolute atomic E-state index is 10.9. The van der Waals surface area contributed by atoms with Crippen LogP contribution in [0.3, 0.4) is 0 Å². The van der Waals surface area contributed by atoms with Crippen molar-refractivity contribution in [2.75, 3.05) is 0 Å². The van der Waals surface area contributed by atoms with Gasteiger partial charge in [0.25, 0.3) is 17.1 Å². The van der Waals surface area contributed by atoms with E-state index in [9.17, 15) is 30.3 Å². The molecule has 0 bridgehead atoms. The first-order valence-electron chi connectivity index (χ1n) is 7.69. The van der Waals surface area contributed by atoms with Gasteiger partial charge in [0.05, 0.1) is 25.9 Å². The molecule has 142 valence electrons. The van der Waals surface area contributed by atoms with E-state index in [0.29, 0.717) is 0 Å². The van der Waals surface area contributed by atoms with E-state index in [1.165, 1.54) is 48.5 Å². The molecule has 10 heteroatoms. The third-order valence-electron chi connectivity index (χ3n) is 3.54. The van der Waals surface area contributed by atoms with Gasteiger partial charge < -0.3 is 0 Å². The molecule has 0 saturated carbocycles. The summed E-state index contributed by atoms with van der Waals surface area (Å²) in [4.78, 5) is 30.4. The Kier molecular flexibility index (Phi) is 6.72. The first-order valence-corrected chi connectivity index (χ1v) is 8.07.